The van der Waals surface area contributed by atoms with Gasteiger partial charge in [-0.05, 0) is 60.9 Å². The molecule has 0 unspecified atom stereocenters. The second-order valence-electron chi connectivity index (χ2n) is 4.57. The Bertz CT molecular complexity index is 549. The fourth-order valence-corrected chi connectivity index (χ4v) is 2.08. The first-order chi connectivity index (χ1) is 9.72. The number of anilines is 1. The van der Waals surface area contributed by atoms with Gasteiger partial charge < -0.3 is 15.2 Å². The molecule has 0 saturated carbocycles. The van der Waals surface area contributed by atoms with Gasteiger partial charge in [-0.2, -0.15) is 0 Å². The second-order valence-corrected chi connectivity index (χ2v) is 4.57. The molecule has 0 aliphatic heterocycles. The van der Waals surface area contributed by atoms with Gasteiger partial charge in [-0.15, -0.1) is 0 Å². The van der Waals surface area contributed by atoms with Gasteiger partial charge in [-0.3, -0.25) is 0 Å². The highest BCUT2D eigenvalue weighted by Crippen LogP contribution is 2.20. The topological polar surface area (TPSA) is 44.5 Å². The quantitative estimate of drug-likeness (QED) is 0.812. The summed E-state index contributed by atoms with van der Waals surface area (Å²) in [6, 6.07) is 13.6. The van der Waals surface area contributed by atoms with Crippen molar-refractivity contribution in [2.75, 3.05) is 12.3 Å². The third-order valence-corrected chi connectivity index (χ3v) is 3.14. The summed E-state index contributed by atoms with van der Waals surface area (Å²) in [6.45, 7) is 5.30. The summed E-state index contributed by atoms with van der Waals surface area (Å²) in [7, 11) is 0. The largest absolute Gasteiger partial charge is 0.494 e. The van der Waals surface area contributed by atoms with Crippen molar-refractivity contribution < 1.29 is 9.47 Å². The number of benzene rings is 2. The molecule has 0 amide bonds. The van der Waals surface area contributed by atoms with E-state index in [0.29, 0.717) is 13.2 Å². The van der Waals surface area contributed by atoms with Crippen molar-refractivity contribution in [2.45, 2.75) is 26.9 Å². The summed E-state index contributed by atoms with van der Waals surface area (Å²) in [5, 5.41) is 0. The summed E-state index contributed by atoms with van der Waals surface area (Å²) in [6.07, 6.45) is 0.974. The van der Waals surface area contributed by atoms with Gasteiger partial charge in [0.15, 0.2) is 0 Å². The van der Waals surface area contributed by atoms with E-state index in [1.165, 1.54) is 5.56 Å². The molecule has 0 atom stereocenters. The van der Waals surface area contributed by atoms with Gasteiger partial charge in [0.1, 0.15) is 18.1 Å². The van der Waals surface area contributed by atoms with E-state index in [1.54, 1.807) is 0 Å². The van der Waals surface area contributed by atoms with E-state index >= 15 is 0 Å². The molecule has 3 nitrogen and oxygen atoms in total. The lowest BCUT2D eigenvalue weighted by Crippen LogP contribution is -2.01. The fraction of sp³-hybridized carbons (Fsp3) is 0.294. The predicted octanol–water partition coefficient (Wildman–Crippen LogP) is 3.81. The molecule has 3 heteroatoms. The number of hydrogen-bond donors (Lipinski definition) is 1. The summed E-state index contributed by atoms with van der Waals surface area (Å²) >= 11 is 0. The zero-order chi connectivity index (χ0) is 14.4. The van der Waals surface area contributed by atoms with Gasteiger partial charge in [0.2, 0.25) is 0 Å². The van der Waals surface area contributed by atoms with Crippen LogP contribution in [0.3, 0.4) is 0 Å². The maximum Gasteiger partial charge on any atom is 0.120 e. The lowest BCUT2D eigenvalue weighted by molar-refractivity contribution is 0.303. The van der Waals surface area contributed by atoms with E-state index in [2.05, 4.69) is 13.0 Å². The Labute approximate surface area is 120 Å². The van der Waals surface area contributed by atoms with Crippen LogP contribution in [-0.2, 0) is 13.0 Å². The number of aryl methyl sites for hydroxylation is 1. The smallest absolute Gasteiger partial charge is 0.120 e. The highest BCUT2D eigenvalue weighted by molar-refractivity contribution is 5.44. The third kappa shape index (κ3) is 3.67. The van der Waals surface area contributed by atoms with Crippen molar-refractivity contribution in [3.8, 4) is 11.5 Å². The van der Waals surface area contributed by atoms with Crippen LogP contribution >= 0.6 is 0 Å². The monoisotopic (exact) mass is 271 g/mol. The molecule has 0 aliphatic carbocycles. The molecule has 2 aromatic rings. The molecule has 2 N–H and O–H groups in total. The first kappa shape index (κ1) is 14.3. The van der Waals surface area contributed by atoms with Crippen LogP contribution in [0.2, 0.25) is 0 Å². The molecule has 106 valence electrons. The summed E-state index contributed by atoms with van der Waals surface area (Å²) < 4.78 is 11.2. The van der Waals surface area contributed by atoms with E-state index in [-0.39, 0.29) is 0 Å². The van der Waals surface area contributed by atoms with Gasteiger partial charge in [-0.25, -0.2) is 0 Å². The predicted molar refractivity (Wildman–Crippen MR) is 82.2 cm³/mol. The molecule has 20 heavy (non-hydrogen) atoms. The SMILES string of the molecule is CCOc1ccc(OCc2cc(N)ccc2CC)cc1. The number of nitrogen functional groups attached to an aromatic ring is 1. The van der Waals surface area contributed by atoms with Crippen LogP contribution in [0.5, 0.6) is 11.5 Å². The van der Waals surface area contributed by atoms with E-state index in [4.69, 9.17) is 15.2 Å². The average Bonchev–Trinajstić information content (AvgIpc) is 2.47. The Kier molecular flexibility index (Phi) is 4.88. The Morgan fingerprint density at radius 1 is 0.850 bits per heavy atom. The van der Waals surface area contributed by atoms with E-state index in [9.17, 15) is 0 Å². The molecule has 0 spiro atoms. The molecule has 0 bridgehead atoms. The lowest BCUT2D eigenvalue weighted by Gasteiger charge is -2.11. The fourth-order valence-electron chi connectivity index (χ4n) is 2.08. The molecular weight excluding hydrogens is 250 g/mol. The lowest BCUT2D eigenvalue weighted by atomic mass is 10.1. The molecule has 0 saturated heterocycles. The average molecular weight is 271 g/mol. The van der Waals surface area contributed by atoms with Gasteiger partial charge in [-0.1, -0.05) is 13.0 Å². The van der Waals surface area contributed by atoms with Crippen molar-refractivity contribution >= 4 is 5.69 Å². The van der Waals surface area contributed by atoms with Gasteiger partial charge in [0.05, 0.1) is 6.61 Å². The molecule has 2 rings (SSSR count). The minimum Gasteiger partial charge on any atom is -0.494 e. The number of ether oxygens (including phenoxy) is 2. The minimum atomic E-state index is 0.530. The van der Waals surface area contributed by atoms with Crippen LogP contribution < -0.4 is 15.2 Å². The van der Waals surface area contributed by atoms with Crippen molar-refractivity contribution in [2.24, 2.45) is 0 Å². The maximum atomic E-state index is 5.83. The standard InChI is InChI=1S/C17H21NO2/c1-3-13-5-6-15(18)11-14(13)12-20-17-9-7-16(8-10-17)19-4-2/h5-11H,3-4,12,18H2,1-2H3. The van der Waals surface area contributed by atoms with Crippen LogP contribution in [0, 0.1) is 0 Å². The molecule has 0 heterocycles. The first-order valence-electron chi connectivity index (χ1n) is 6.95. The highest BCUT2D eigenvalue weighted by Gasteiger charge is 2.03. The van der Waals surface area contributed by atoms with Gasteiger partial charge in [0, 0.05) is 5.69 Å². The molecule has 2 aromatic carbocycles. The Hall–Kier alpha value is -2.16. The molecule has 0 aromatic heterocycles. The zero-order valence-electron chi connectivity index (χ0n) is 12.1. The summed E-state index contributed by atoms with van der Waals surface area (Å²) in [4.78, 5) is 0. The first-order valence-corrected chi connectivity index (χ1v) is 6.95. The van der Waals surface area contributed by atoms with Gasteiger partial charge in [0.25, 0.3) is 0 Å². The molecule has 0 fully saturated rings. The van der Waals surface area contributed by atoms with Crippen molar-refractivity contribution in [1.82, 2.24) is 0 Å². The number of rotatable bonds is 6. The van der Waals surface area contributed by atoms with Gasteiger partial charge >= 0.3 is 0 Å². The van der Waals surface area contributed by atoms with Crippen LogP contribution in [0.25, 0.3) is 0 Å². The second kappa shape index (κ2) is 6.85. The molecule has 0 aliphatic rings. The summed E-state index contributed by atoms with van der Waals surface area (Å²) in [5.41, 5.74) is 9.01. The molecular formula is C17H21NO2. The van der Waals surface area contributed by atoms with Crippen molar-refractivity contribution in [3.63, 3.8) is 0 Å². The highest BCUT2D eigenvalue weighted by atomic mass is 16.5. The Morgan fingerprint density at radius 3 is 2.10 bits per heavy atom. The minimum absolute atomic E-state index is 0.530. The van der Waals surface area contributed by atoms with E-state index < -0.39 is 0 Å². The van der Waals surface area contributed by atoms with Crippen LogP contribution in [0.1, 0.15) is 25.0 Å². The van der Waals surface area contributed by atoms with Crippen molar-refractivity contribution in [3.05, 3.63) is 53.6 Å². The van der Waals surface area contributed by atoms with Crippen molar-refractivity contribution in [1.29, 1.82) is 0 Å². The zero-order valence-corrected chi connectivity index (χ0v) is 12.1. The Morgan fingerprint density at radius 2 is 1.50 bits per heavy atom. The van der Waals surface area contributed by atoms with E-state index in [1.807, 2.05) is 43.3 Å². The number of hydrogen-bond acceptors (Lipinski definition) is 3. The molecule has 0 radical (unpaired) electrons. The normalized spacial score (nSPS) is 10.3. The Balaban J connectivity index is 2.02. The van der Waals surface area contributed by atoms with Crippen LogP contribution in [-0.4, -0.2) is 6.61 Å². The van der Waals surface area contributed by atoms with E-state index in [0.717, 1.165) is 29.2 Å². The van der Waals surface area contributed by atoms with Crippen LogP contribution in [0.4, 0.5) is 5.69 Å². The number of nitrogens with two attached hydrogens (primary N) is 1. The maximum absolute atomic E-state index is 5.83. The van der Waals surface area contributed by atoms with Crippen LogP contribution in [0.15, 0.2) is 42.5 Å². The summed E-state index contributed by atoms with van der Waals surface area (Å²) in [5.74, 6) is 1.69. The third-order valence-electron chi connectivity index (χ3n) is 3.14.